The lowest BCUT2D eigenvalue weighted by Crippen LogP contribution is -2.01. The van der Waals surface area contributed by atoms with Crippen molar-refractivity contribution in [1.82, 2.24) is 0 Å². The monoisotopic (exact) mass is 717 g/mol. The molecule has 0 amide bonds. The standard InChI is InChI=1S/C32H23N5O9S3/c38-47(39,40)22-11-9-21(10-12-22)34-35-29-16-15-27(24-14-13-23(19-26(24)29)48(41,42)43)36-37-28-17-18-30(33-20-5-2-1-3-6-20)32-25(28)7-4-8-31(32)49(44,45)46/h1-19,33H,(H,38,39,40)(H,41,42,43)(H,44,45,46). The van der Waals surface area contributed by atoms with Crippen LogP contribution >= 0.6 is 0 Å². The van der Waals surface area contributed by atoms with E-state index in [1.54, 1.807) is 42.5 Å². The molecule has 49 heavy (non-hydrogen) atoms. The lowest BCUT2D eigenvalue weighted by Gasteiger charge is -2.14. The second-order valence-electron chi connectivity index (χ2n) is 10.4. The summed E-state index contributed by atoms with van der Waals surface area (Å²) in [5.74, 6) is 0. The average Bonchev–Trinajstić information content (AvgIpc) is 3.06. The Morgan fingerprint density at radius 2 is 1.04 bits per heavy atom. The van der Waals surface area contributed by atoms with Crippen molar-refractivity contribution in [2.24, 2.45) is 20.5 Å². The van der Waals surface area contributed by atoms with E-state index in [4.69, 9.17) is 0 Å². The highest BCUT2D eigenvalue weighted by atomic mass is 32.2. The first-order valence-corrected chi connectivity index (χ1v) is 18.3. The van der Waals surface area contributed by atoms with Gasteiger partial charge >= 0.3 is 0 Å². The van der Waals surface area contributed by atoms with Gasteiger partial charge in [-0.05, 0) is 78.9 Å². The van der Waals surface area contributed by atoms with Crippen LogP contribution in [0.2, 0.25) is 0 Å². The number of nitrogens with one attached hydrogen (secondary N) is 1. The number of rotatable bonds is 9. The molecule has 0 bridgehead atoms. The Kier molecular flexibility index (Phi) is 8.80. The van der Waals surface area contributed by atoms with E-state index in [0.29, 0.717) is 22.1 Å². The Bertz CT molecular complexity index is 2650. The maximum absolute atomic E-state index is 12.4. The summed E-state index contributed by atoms with van der Waals surface area (Å²) >= 11 is 0. The molecule has 0 aliphatic carbocycles. The smallest absolute Gasteiger partial charge is 0.295 e. The number of fused-ring (bicyclic) bond motifs is 2. The zero-order valence-corrected chi connectivity index (χ0v) is 27.2. The van der Waals surface area contributed by atoms with Crippen LogP contribution in [0.3, 0.4) is 0 Å². The molecule has 6 aromatic rings. The van der Waals surface area contributed by atoms with E-state index in [1.807, 2.05) is 6.07 Å². The number of nitrogens with zero attached hydrogens (tertiary/aromatic N) is 4. The van der Waals surface area contributed by atoms with Crippen LogP contribution in [0.4, 0.5) is 34.1 Å². The lowest BCUT2D eigenvalue weighted by molar-refractivity contribution is 0.481. The van der Waals surface area contributed by atoms with Crippen LogP contribution in [0.5, 0.6) is 0 Å². The van der Waals surface area contributed by atoms with E-state index in [0.717, 1.165) is 12.1 Å². The molecule has 0 fully saturated rings. The third kappa shape index (κ3) is 7.36. The van der Waals surface area contributed by atoms with E-state index in [-0.39, 0.29) is 43.3 Å². The van der Waals surface area contributed by atoms with Crippen LogP contribution in [-0.4, -0.2) is 38.9 Å². The molecule has 0 heterocycles. The Balaban J connectivity index is 1.45. The summed E-state index contributed by atoms with van der Waals surface area (Å²) in [6.45, 7) is 0. The molecule has 0 aliphatic heterocycles. The number of para-hydroxylation sites is 1. The van der Waals surface area contributed by atoms with Crippen LogP contribution in [0.25, 0.3) is 21.5 Å². The van der Waals surface area contributed by atoms with Crippen LogP contribution < -0.4 is 5.32 Å². The summed E-state index contributed by atoms with van der Waals surface area (Å²) in [5.41, 5.74) is 1.94. The third-order valence-electron chi connectivity index (χ3n) is 7.22. The molecule has 0 atom stereocenters. The molecule has 0 radical (unpaired) electrons. The Labute approximate surface area is 279 Å². The van der Waals surface area contributed by atoms with Gasteiger partial charge in [-0.25, -0.2) is 0 Å². The predicted octanol–water partition coefficient (Wildman–Crippen LogP) is 8.31. The van der Waals surface area contributed by atoms with Crippen molar-refractivity contribution in [3.8, 4) is 0 Å². The number of anilines is 2. The maximum atomic E-state index is 12.4. The summed E-state index contributed by atoms with van der Waals surface area (Å²) in [5, 5.41) is 21.3. The molecule has 0 unspecified atom stereocenters. The van der Waals surface area contributed by atoms with Crippen molar-refractivity contribution in [2.75, 3.05) is 5.32 Å². The predicted molar refractivity (Wildman–Crippen MR) is 182 cm³/mol. The average molecular weight is 718 g/mol. The van der Waals surface area contributed by atoms with Gasteiger partial charge in [0.2, 0.25) is 0 Å². The molecule has 248 valence electrons. The highest BCUT2D eigenvalue weighted by Crippen LogP contribution is 2.40. The fraction of sp³-hybridized carbons (Fsp3) is 0. The van der Waals surface area contributed by atoms with Gasteiger partial charge in [-0.2, -0.15) is 30.4 Å². The molecule has 0 saturated heterocycles. The van der Waals surface area contributed by atoms with Gasteiger partial charge in [-0.15, -0.1) is 15.3 Å². The molecule has 17 heteroatoms. The van der Waals surface area contributed by atoms with Gasteiger partial charge in [-0.1, -0.05) is 36.4 Å². The molecule has 0 aromatic heterocycles. The molecular weight excluding hydrogens is 695 g/mol. The Hall–Kier alpha value is -5.43. The van der Waals surface area contributed by atoms with Crippen LogP contribution in [-0.2, 0) is 30.4 Å². The first kappa shape index (κ1) is 33.5. The highest BCUT2D eigenvalue weighted by molar-refractivity contribution is 7.86. The number of benzene rings is 6. The van der Waals surface area contributed by atoms with Crippen molar-refractivity contribution in [2.45, 2.75) is 14.7 Å². The molecule has 0 spiro atoms. The summed E-state index contributed by atoms with van der Waals surface area (Å²) in [4.78, 5) is -1.10. The van der Waals surface area contributed by atoms with E-state index < -0.39 is 35.2 Å². The second-order valence-corrected chi connectivity index (χ2v) is 14.7. The highest BCUT2D eigenvalue weighted by Gasteiger charge is 2.19. The van der Waals surface area contributed by atoms with Crippen LogP contribution in [0.1, 0.15) is 0 Å². The fourth-order valence-corrected chi connectivity index (χ4v) is 6.69. The third-order valence-corrected chi connectivity index (χ3v) is 9.84. The summed E-state index contributed by atoms with van der Waals surface area (Å²) in [7, 11) is -13.7. The van der Waals surface area contributed by atoms with Crippen molar-refractivity contribution in [3.63, 3.8) is 0 Å². The van der Waals surface area contributed by atoms with Gasteiger partial charge in [0, 0.05) is 32.9 Å². The molecule has 0 saturated carbocycles. The van der Waals surface area contributed by atoms with Crippen molar-refractivity contribution < 1.29 is 38.9 Å². The number of azo groups is 2. The second kappa shape index (κ2) is 12.9. The van der Waals surface area contributed by atoms with E-state index in [1.165, 1.54) is 54.6 Å². The minimum Gasteiger partial charge on any atom is -0.355 e. The summed E-state index contributed by atoms with van der Waals surface area (Å²) in [6, 6.07) is 28.2. The van der Waals surface area contributed by atoms with Crippen molar-refractivity contribution >= 4 is 86.0 Å². The Morgan fingerprint density at radius 3 is 1.67 bits per heavy atom. The van der Waals surface area contributed by atoms with Gasteiger partial charge in [0.15, 0.2) is 0 Å². The quantitative estimate of drug-likeness (QED) is 0.0826. The zero-order chi connectivity index (χ0) is 35.0. The molecule has 6 rings (SSSR count). The van der Waals surface area contributed by atoms with Gasteiger partial charge in [0.05, 0.1) is 32.5 Å². The number of hydrogen-bond donors (Lipinski definition) is 4. The first-order valence-electron chi connectivity index (χ1n) is 14.0. The summed E-state index contributed by atoms with van der Waals surface area (Å²) < 4.78 is 100. The Morgan fingerprint density at radius 1 is 0.469 bits per heavy atom. The molecule has 14 nitrogen and oxygen atoms in total. The van der Waals surface area contributed by atoms with Gasteiger partial charge in [0.25, 0.3) is 30.4 Å². The van der Waals surface area contributed by atoms with Crippen molar-refractivity contribution in [3.05, 3.63) is 115 Å². The van der Waals surface area contributed by atoms with E-state index in [2.05, 4.69) is 25.8 Å². The summed E-state index contributed by atoms with van der Waals surface area (Å²) in [6.07, 6.45) is 0. The normalized spacial score (nSPS) is 12.7. The van der Waals surface area contributed by atoms with E-state index in [9.17, 15) is 38.9 Å². The van der Waals surface area contributed by atoms with Gasteiger partial charge in [0.1, 0.15) is 4.90 Å². The fourth-order valence-electron chi connectivity index (χ4n) is 4.98. The van der Waals surface area contributed by atoms with E-state index >= 15 is 0 Å². The first-order chi connectivity index (χ1) is 23.2. The SMILES string of the molecule is O=S(=O)(O)c1ccc(N=Nc2ccc(N=Nc3ccc(Nc4ccccc4)c4c(S(=O)(=O)O)cccc34)c3ccc(S(=O)(=O)O)cc23)cc1. The molecule has 6 aromatic carbocycles. The molecule has 0 aliphatic rings. The lowest BCUT2D eigenvalue weighted by atomic mass is 10.1. The van der Waals surface area contributed by atoms with Crippen LogP contribution in [0, 0.1) is 0 Å². The largest absolute Gasteiger partial charge is 0.355 e. The molecule has 4 N–H and O–H groups in total. The topological polar surface area (TPSA) is 225 Å². The van der Waals surface area contributed by atoms with Crippen LogP contribution in [0.15, 0.2) is 150 Å². The number of hydrogen-bond acceptors (Lipinski definition) is 11. The zero-order valence-electron chi connectivity index (χ0n) is 24.8. The van der Waals surface area contributed by atoms with Gasteiger partial charge < -0.3 is 5.32 Å². The minimum atomic E-state index is -4.65. The van der Waals surface area contributed by atoms with Crippen molar-refractivity contribution in [1.29, 1.82) is 0 Å². The molecular formula is C32H23N5O9S3. The maximum Gasteiger partial charge on any atom is 0.295 e. The van der Waals surface area contributed by atoms with Gasteiger partial charge in [-0.3, -0.25) is 13.7 Å². The minimum absolute atomic E-state index is 0.165.